The topological polar surface area (TPSA) is 30.5 Å². The molecule has 0 aromatic heterocycles. The predicted molar refractivity (Wildman–Crippen MR) is 90.4 cm³/mol. The molecule has 0 radical (unpaired) electrons. The standard InChI is InChI=1S/C19H23NO2/c1-4-10-20-13-16-8-9-18(19(12-16)21-3)22-14-17-7-5-6-15(2)11-17/h4-9,11-12,20H,1,10,13-14H2,2-3H3. The molecule has 116 valence electrons. The molecule has 0 aliphatic rings. The predicted octanol–water partition coefficient (Wildman–Crippen LogP) is 3.86. The van der Waals surface area contributed by atoms with Crippen molar-refractivity contribution < 1.29 is 9.47 Å². The Morgan fingerprint density at radius 3 is 2.68 bits per heavy atom. The van der Waals surface area contributed by atoms with Crippen LogP contribution in [0.3, 0.4) is 0 Å². The lowest BCUT2D eigenvalue weighted by atomic mass is 10.1. The minimum atomic E-state index is 0.534. The van der Waals surface area contributed by atoms with Crippen molar-refractivity contribution in [3.63, 3.8) is 0 Å². The third-order valence-corrected chi connectivity index (χ3v) is 3.32. The van der Waals surface area contributed by atoms with Crippen molar-refractivity contribution in [2.45, 2.75) is 20.1 Å². The summed E-state index contributed by atoms with van der Waals surface area (Å²) in [5.41, 5.74) is 3.54. The zero-order chi connectivity index (χ0) is 15.8. The van der Waals surface area contributed by atoms with Crippen LogP contribution in [0.5, 0.6) is 11.5 Å². The fourth-order valence-electron chi connectivity index (χ4n) is 2.22. The molecule has 0 amide bonds. The second-order valence-corrected chi connectivity index (χ2v) is 5.18. The van der Waals surface area contributed by atoms with Gasteiger partial charge in [0, 0.05) is 13.1 Å². The molecule has 0 saturated carbocycles. The highest BCUT2D eigenvalue weighted by atomic mass is 16.5. The maximum absolute atomic E-state index is 5.89. The molecule has 0 aliphatic carbocycles. The molecule has 0 fully saturated rings. The minimum Gasteiger partial charge on any atom is -0.493 e. The van der Waals surface area contributed by atoms with Gasteiger partial charge in [-0.15, -0.1) is 6.58 Å². The van der Waals surface area contributed by atoms with Gasteiger partial charge in [0.05, 0.1) is 7.11 Å². The first-order chi connectivity index (χ1) is 10.7. The first-order valence-corrected chi connectivity index (χ1v) is 7.40. The van der Waals surface area contributed by atoms with Crippen LogP contribution in [0.2, 0.25) is 0 Å². The maximum Gasteiger partial charge on any atom is 0.161 e. The van der Waals surface area contributed by atoms with Crippen molar-refractivity contribution in [1.82, 2.24) is 5.32 Å². The van der Waals surface area contributed by atoms with Crippen LogP contribution >= 0.6 is 0 Å². The second kappa shape index (κ2) is 8.25. The summed E-state index contributed by atoms with van der Waals surface area (Å²) in [7, 11) is 1.66. The van der Waals surface area contributed by atoms with E-state index in [0.29, 0.717) is 6.61 Å². The zero-order valence-corrected chi connectivity index (χ0v) is 13.3. The van der Waals surface area contributed by atoms with E-state index in [1.807, 2.05) is 30.3 Å². The van der Waals surface area contributed by atoms with Crippen LogP contribution in [0, 0.1) is 6.92 Å². The largest absolute Gasteiger partial charge is 0.493 e. The molecule has 0 saturated heterocycles. The molecular formula is C19H23NO2. The van der Waals surface area contributed by atoms with E-state index in [1.165, 1.54) is 5.56 Å². The number of methoxy groups -OCH3 is 1. The first-order valence-electron chi connectivity index (χ1n) is 7.40. The Hall–Kier alpha value is -2.26. The summed E-state index contributed by atoms with van der Waals surface area (Å²) >= 11 is 0. The number of ether oxygens (including phenoxy) is 2. The van der Waals surface area contributed by atoms with E-state index in [4.69, 9.17) is 9.47 Å². The molecule has 3 heteroatoms. The van der Waals surface area contributed by atoms with E-state index in [-0.39, 0.29) is 0 Å². The number of aryl methyl sites for hydroxylation is 1. The van der Waals surface area contributed by atoms with Crippen LogP contribution < -0.4 is 14.8 Å². The summed E-state index contributed by atoms with van der Waals surface area (Å²) in [5.74, 6) is 1.52. The highest BCUT2D eigenvalue weighted by Gasteiger charge is 2.06. The number of rotatable bonds is 8. The van der Waals surface area contributed by atoms with Gasteiger partial charge in [-0.3, -0.25) is 0 Å². The van der Waals surface area contributed by atoms with Gasteiger partial charge in [0.25, 0.3) is 0 Å². The molecule has 0 aliphatic heterocycles. The van der Waals surface area contributed by atoms with Crippen molar-refractivity contribution in [1.29, 1.82) is 0 Å². The Morgan fingerprint density at radius 1 is 1.09 bits per heavy atom. The van der Waals surface area contributed by atoms with Gasteiger partial charge in [-0.05, 0) is 30.2 Å². The van der Waals surface area contributed by atoms with Gasteiger partial charge < -0.3 is 14.8 Å². The summed E-state index contributed by atoms with van der Waals surface area (Å²) in [6.07, 6.45) is 1.84. The molecule has 2 aromatic carbocycles. The fraction of sp³-hybridized carbons (Fsp3) is 0.263. The highest BCUT2D eigenvalue weighted by Crippen LogP contribution is 2.28. The van der Waals surface area contributed by atoms with Gasteiger partial charge in [0.15, 0.2) is 11.5 Å². The molecular weight excluding hydrogens is 274 g/mol. The first kappa shape index (κ1) is 16.1. The number of benzene rings is 2. The fourth-order valence-corrected chi connectivity index (χ4v) is 2.22. The van der Waals surface area contributed by atoms with Gasteiger partial charge in [-0.2, -0.15) is 0 Å². The van der Waals surface area contributed by atoms with Crippen LogP contribution in [0.1, 0.15) is 16.7 Å². The average molecular weight is 297 g/mol. The molecule has 0 bridgehead atoms. The van der Waals surface area contributed by atoms with Crippen LogP contribution in [0.15, 0.2) is 55.1 Å². The quantitative estimate of drug-likeness (QED) is 0.593. The third-order valence-electron chi connectivity index (χ3n) is 3.32. The molecule has 2 rings (SSSR count). The summed E-state index contributed by atoms with van der Waals surface area (Å²) in [6.45, 7) is 7.87. The Balaban J connectivity index is 2.02. The Morgan fingerprint density at radius 2 is 1.95 bits per heavy atom. The van der Waals surface area contributed by atoms with Crippen molar-refractivity contribution in [3.05, 3.63) is 71.8 Å². The summed E-state index contributed by atoms with van der Waals surface area (Å²) in [4.78, 5) is 0. The lowest BCUT2D eigenvalue weighted by molar-refractivity contribution is 0.284. The average Bonchev–Trinajstić information content (AvgIpc) is 2.53. The summed E-state index contributed by atoms with van der Waals surface area (Å²) < 4.78 is 11.3. The Kier molecular flexibility index (Phi) is 6.04. The Labute approximate surface area is 132 Å². The number of hydrogen-bond donors (Lipinski definition) is 1. The van der Waals surface area contributed by atoms with E-state index < -0.39 is 0 Å². The zero-order valence-electron chi connectivity index (χ0n) is 13.3. The van der Waals surface area contributed by atoms with Crippen LogP contribution in [0.25, 0.3) is 0 Å². The molecule has 1 N–H and O–H groups in total. The minimum absolute atomic E-state index is 0.534. The molecule has 0 unspecified atom stereocenters. The van der Waals surface area contributed by atoms with Gasteiger partial charge >= 0.3 is 0 Å². The van der Waals surface area contributed by atoms with E-state index in [1.54, 1.807) is 7.11 Å². The normalized spacial score (nSPS) is 10.3. The Bertz CT molecular complexity index is 623. The monoisotopic (exact) mass is 297 g/mol. The van der Waals surface area contributed by atoms with Crippen molar-refractivity contribution >= 4 is 0 Å². The summed E-state index contributed by atoms with van der Waals surface area (Å²) in [6, 6.07) is 14.3. The molecule has 0 atom stereocenters. The van der Waals surface area contributed by atoms with Gasteiger partial charge in [0.1, 0.15) is 6.61 Å². The summed E-state index contributed by atoms with van der Waals surface area (Å²) in [5, 5.41) is 3.27. The van der Waals surface area contributed by atoms with E-state index in [2.05, 4.69) is 37.0 Å². The third kappa shape index (κ3) is 4.64. The molecule has 0 heterocycles. The molecule has 2 aromatic rings. The second-order valence-electron chi connectivity index (χ2n) is 5.18. The van der Waals surface area contributed by atoms with E-state index >= 15 is 0 Å². The van der Waals surface area contributed by atoms with Crippen molar-refractivity contribution in [2.75, 3.05) is 13.7 Å². The van der Waals surface area contributed by atoms with Gasteiger partial charge in [-0.1, -0.05) is 42.0 Å². The molecule has 22 heavy (non-hydrogen) atoms. The molecule has 3 nitrogen and oxygen atoms in total. The van der Waals surface area contributed by atoms with Crippen molar-refractivity contribution in [3.8, 4) is 11.5 Å². The maximum atomic E-state index is 5.89. The SMILES string of the molecule is C=CCNCc1ccc(OCc2cccc(C)c2)c(OC)c1. The van der Waals surface area contributed by atoms with Gasteiger partial charge in [-0.25, -0.2) is 0 Å². The lowest BCUT2D eigenvalue weighted by Crippen LogP contribution is -2.12. The highest BCUT2D eigenvalue weighted by molar-refractivity contribution is 5.43. The van der Waals surface area contributed by atoms with E-state index in [0.717, 1.165) is 35.7 Å². The van der Waals surface area contributed by atoms with E-state index in [9.17, 15) is 0 Å². The van der Waals surface area contributed by atoms with Crippen LogP contribution in [0.4, 0.5) is 0 Å². The van der Waals surface area contributed by atoms with Crippen LogP contribution in [-0.4, -0.2) is 13.7 Å². The lowest BCUT2D eigenvalue weighted by Gasteiger charge is -2.13. The van der Waals surface area contributed by atoms with Crippen LogP contribution in [-0.2, 0) is 13.2 Å². The number of hydrogen-bond acceptors (Lipinski definition) is 3. The van der Waals surface area contributed by atoms with Crippen molar-refractivity contribution in [2.24, 2.45) is 0 Å². The smallest absolute Gasteiger partial charge is 0.161 e. The molecule has 0 spiro atoms. The number of nitrogens with one attached hydrogen (secondary N) is 1. The van der Waals surface area contributed by atoms with Gasteiger partial charge in [0.2, 0.25) is 0 Å².